The smallest absolute Gasteiger partial charge is 0.115 e. The summed E-state index contributed by atoms with van der Waals surface area (Å²) in [7, 11) is 0. The highest BCUT2D eigenvalue weighted by atomic mass is 79.9. The Balaban J connectivity index is 1.89. The van der Waals surface area contributed by atoms with E-state index in [2.05, 4.69) is 46.4 Å². The molecular weight excluding hydrogens is 314 g/mol. The lowest BCUT2D eigenvalue weighted by Crippen LogP contribution is -2.17. The van der Waals surface area contributed by atoms with Crippen molar-refractivity contribution in [3.8, 4) is 5.75 Å². The van der Waals surface area contributed by atoms with E-state index in [0.29, 0.717) is 11.8 Å². The minimum absolute atomic E-state index is 0.318. The predicted molar refractivity (Wildman–Crippen MR) is 86.3 cm³/mol. The molecule has 0 radical (unpaired) electrons. The van der Waals surface area contributed by atoms with Gasteiger partial charge in [-0.3, -0.25) is 0 Å². The van der Waals surface area contributed by atoms with Crippen LogP contribution in [0.15, 0.2) is 40.9 Å². The number of aromatic hydroxyl groups is 1. The summed E-state index contributed by atoms with van der Waals surface area (Å²) in [6.07, 6.45) is 3.33. The lowest BCUT2D eigenvalue weighted by Gasteiger charge is -2.28. The Morgan fingerprint density at radius 3 is 2.85 bits per heavy atom. The molecule has 0 amide bonds. The van der Waals surface area contributed by atoms with Crippen molar-refractivity contribution < 1.29 is 5.11 Å². The maximum absolute atomic E-state index is 9.61. The Kier molecular flexibility index (Phi) is 3.70. The van der Waals surface area contributed by atoms with E-state index in [1.165, 1.54) is 16.7 Å². The summed E-state index contributed by atoms with van der Waals surface area (Å²) in [5.41, 5.74) is 4.94. The number of anilines is 1. The van der Waals surface area contributed by atoms with Crippen LogP contribution in [0.25, 0.3) is 0 Å². The first kappa shape index (κ1) is 13.5. The quantitative estimate of drug-likeness (QED) is 0.815. The van der Waals surface area contributed by atoms with Crippen molar-refractivity contribution in [1.29, 1.82) is 0 Å². The third-order valence-corrected chi connectivity index (χ3v) is 4.55. The summed E-state index contributed by atoms with van der Waals surface area (Å²) >= 11 is 3.62. The number of phenols is 1. The molecule has 3 rings (SSSR count). The highest BCUT2D eigenvalue weighted by molar-refractivity contribution is 9.10. The van der Waals surface area contributed by atoms with Crippen LogP contribution in [0.5, 0.6) is 5.75 Å². The van der Waals surface area contributed by atoms with E-state index >= 15 is 0 Å². The fourth-order valence-corrected chi connectivity index (χ4v) is 3.48. The zero-order valence-electron chi connectivity index (χ0n) is 11.5. The van der Waals surface area contributed by atoms with Crippen molar-refractivity contribution in [3.05, 3.63) is 57.6 Å². The van der Waals surface area contributed by atoms with E-state index < -0.39 is 0 Å². The number of hydrogen-bond donors (Lipinski definition) is 2. The summed E-state index contributed by atoms with van der Waals surface area (Å²) in [6.45, 7) is 2.09. The Bertz CT molecular complexity index is 639. The fourth-order valence-electron chi connectivity index (χ4n) is 2.88. The molecule has 1 unspecified atom stereocenters. The Hall–Kier alpha value is -1.48. The molecule has 1 aliphatic carbocycles. The minimum atomic E-state index is 0.318. The van der Waals surface area contributed by atoms with Gasteiger partial charge in [0.2, 0.25) is 0 Å². The van der Waals surface area contributed by atoms with Crippen LogP contribution >= 0.6 is 15.9 Å². The van der Waals surface area contributed by atoms with Crippen LogP contribution < -0.4 is 5.32 Å². The van der Waals surface area contributed by atoms with Gasteiger partial charge in [-0.2, -0.15) is 0 Å². The van der Waals surface area contributed by atoms with Gasteiger partial charge in [0.1, 0.15) is 5.75 Å². The van der Waals surface area contributed by atoms with Gasteiger partial charge in [-0.15, -0.1) is 0 Å². The van der Waals surface area contributed by atoms with Crippen molar-refractivity contribution in [2.75, 3.05) is 5.32 Å². The summed E-state index contributed by atoms with van der Waals surface area (Å²) < 4.78 is 1.10. The van der Waals surface area contributed by atoms with Gasteiger partial charge in [0.25, 0.3) is 0 Å². The van der Waals surface area contributed by atoms with Crippen LogP contribution in [-0.2, 0) is 6.42 Å². The molecule has 2 aromatic rings. The van der Waals surface area contributed by atoms with Crippen molar-refractivity contribution >= 4 is 21.6 Å². The zero-order chi connectivity index (χ0) is 14.1. The number of halogens is 1. The minimum Gasteiger partial charge on any atom is -0.508 e. The number of aryl methyl sites for hydroxylation is 2. The summed E-state index contributed by atoms with van der Waals surface area (Å²) in [5.74, 6) is 0.362. The van der Waals surface area contributed by atoms with Gasteiger partial charge < -0.3 is 10.4 Å². The Morgan fingerprint density at radius 1 is 1.20 bits per heavy atom. The van der Waals surface area contributed by atoms with E-state index in [1.54, 1.807) is 6.07 Å². The molecule has 0 spiro atoms. The lowest BCUT2D eigenvalue weighted by atomic mass is 9.87. The standard InChI is InChI=1S/C17H18BrNO/c1-11-5-8-17(15(18)9-11)19-16-4-2-3-12-10-13(20)6-7-14(12)16/h5-10,16,19-20H,2-4H2,1H3. The van der Waals surface area contributed by atoms with E-state index in [0.717, 1.165) is 29.4 Å². The van der Waals surface area contributed by atoms with Gasteiger partial charge in [-0.25, -0.2) is 0 Å². The molecule has 1 atom stereocenters. The molecule has 0 aliphatic heterocycles. The molecule has 2 aromatic carbocycles. The van der Waals surface area contributed by atoms with Gasteiger partial charge >= 0.3 is 0 Å². The van der Waals surface area contributed by atoms with Gasteiger partial charge in [-0.1, -0.05) is 12.1 Å². The van der Waals surface area contributed by atoms with Crippen molar-refractivity contribution in [2.24, 2.45) is 0 Å². The Labute approximate surface area is 128 Å². The second kappa shape index (κ2) is 5.49. The van der Waals surface area contributed by atoms with E-state index in [-0.39, 0.29) is 0 Å². The largest absolute Gasteiger partial charge is 0.508 e. The summed E-state index contributed by atoms with van der Waals surface area (Å²) in [5, 5.41) is 13.2. The maximum atomic E-state index is 9.61. The lowest BCUT2D eigenvalue weighted by molar-refractivity contribution is 0.472. The highest BCUT2D eigenvalue weighted by Crippen LogP contribution is 2.36. The van der Waals surface area contributed by atoms with Crippen molar-refractivity contribution in [1.82, 2.24) is 0 Å². The van der Waals surface area contributed by atoms with Crippen LogP contribution in [0, 0.1) is 6.92 Å². The monoisotopic (exact) mass is 331 g/mol. The number of hydrogen-bond acceptors (Lipinski definition) is 2. The second-order valence-electron chi connectivity index (χ2n) is 5.46. The first-order valence-electron chi connectivity index (χ1n) is 6.98. The molecule has 104 valence electrons. The van der Waals surface area contributed by atoms with E-state index in [1.807, 2.05) is 12.1 Å². The van der Waals surface area contributed by atoms with Gasteiger partial charge in [0.05, 0.1) is 6.04 Å². The van der Waals surface area contributed by atoms with Gasteiger partial charge in [0, 0.05) is 10.2 Å². The third-order valence-electron chi connectivity index (χ3n) is 3.90. The van der Waals surface area contributed by atoms with Crippen LogP contribution in [0.1, 0.15) is 35.6 Å². The molecule has 1 aliphatic rings. The van der Waals surface area contributed by atoms with Crippen molar-refractivity contribution in [2.45, 2.75) is 32.2 Å². The second-order valence-corrected chi connectivity index (χ2v) is 6.31. The average Bonchev–Trinajstić information content (AvgIpc) is 2.41. The zero-order valence-corrected chi connectivity index (χ0v) is 13.1. The first-order valence-corrected chi connectivity index (χ1v) is 7.77. The normalized spacial score (nSPS) is 17.6. The summed E-state index contributed by atoms with van der Waals surface area (Å²) in [4.78, 5) is 0. The SMILES string of the molecule is Cc1ccc(NC2CCCc3cc(O)ccc32)c(Br)c1. The molecule has 3 heteroatoms. The number of fused-ring (bicyclic) bond motifs is 1. The molecule has 2 N–H and O–H groups in total. The van der Waals surface area contributed by atoms with Gasteiger partial charge in [0.15, 0.2) is 0 Å². The molecule has 0 saturated carbocycles. The number of nitrogens with one attached hydrogen (secondary N) is 1. The molecule has 0 saturated heterocycles. The Morgan fingerprint density at radius 2 is 2.05 bits per heavy atom. The molecule has 0 fully saturated rings. The van der Waals surface area contributed by atoms with Crippen LogP contribution in [0.3, 0.4) is 0 Å². The van der Waals surface area contributed by atoms with Gasteiger partial charge in [-0.05, 0) is 83.1 Å². The molecule has 2 nitrogen and oxygen atoms in total. The predicted octanol–water partition coefficient (Wildman–Crippen LogP) is 4.95. The van der Waals surface area contributed by atoms with Crippen LogP contribution in [-0.4, -0.2) is 5.11 Å². The highest BCUT2D eigenvalue weighted by Gasteiger charge is 2.20. The van der Waals surface area contributed by atoms with Crippen molar-refractivity contribution in [3.63, 3.8) is 0 Å². The molecular formula is C17H18BrNO. The van der Waals surface area contributed by atoms with Crippen LogP contribution in [0.4, 0.5) is 5.69 Å². The third kappa shape index (κ3) is 2.68. The number of benzene rings is 2. The molecule has 0 bridgehead atoms. The summed E-state index contributed by atoms with van der Waals surface area (Å²) in [6, 6.07) is 12.4. The number of phenolic OH excluding ortho intramolecular Hbond substituents is 1. The first-order chi connectivity index (χ1) is 9.63. The molecule has 0 heterocycles. The average molecular weight is 332 g/mol. The molecule has 0 aromatic heterocycles. The van der Waals surface area contributed by atoms with E-state index in [9.17, 15) is 5.11 Å². The van der Waals surface area contributed by atoms with E-state index in [4.69, 9.17) is 0 Å². The topological polar surface area (TPSA) is 32.3 Å². The van der Waals surface area contributed by atoms with Crippen LogP contribution in [0.2, 0.25) is 0 Å². The molecule has 20 heavy (non-hydrogen) atoms. The number of rotatable bonds is 2. The fraction of sp³-hybridized carbons (Fsp3) is 0.294. The maximum Gasteiger partial charge on any atom is 0.115 e.